The maximum absolute atomic E-state index is 13.2. The molecule has 0 aliphatic carbocycles. The van der Waals surface area contributed by atoms with Crippen molar-refractivity contribution >= 4 is 28.8 Å². The summed E-state index contributed by atoms with van der Waals surface area (Å²) in [4.78, 5) is 37.4. The third-order valence-corrected chi connectivity index (χ3v) is 7.42. The summed E-state index contributed by atoms with van der Waals surface area (Å²) < 4.78 is 5.62. The summed E-state index contributed by atoms with van der Waals surface area (Å²) in [7, 11) is 4.12. The van der Waals surface area contributed by atoms with E-state index in [1.807, 2.05) is 62.3 Å². The Morgan fingerprint density at radius 1 is 1.21 bits per heavy atom. The molecular weight excluding hydrogens is 448 g/mol. The summed E-state index contributed by atoms with van der Waals surface area (Å²) in [5.74, 6) is -0.255. The Balaban J connectivity index is 1.64. The molecule has 4 rings (SSSR count). The Morgan fingerprint density at radius 3 is 2.53 bits per heavy atom. The molecular formula is C26H34N4O3S. The standard InChI is InChI=1S/C26H34N4O3S/c1-16(2)33-25(32)23-18(4)27-26-30(24(23)19-9-7-17(3)8-10-19)21(15-34-26)13-22(31)29-12-11-20(14-29)28(5)6/h7-10,15-16,20,24H,11-14H2,1-6H3/t20-,24+/m0/s1. The van der Waals surface area contributed by atoms with Crippen LogP contribution in [0, 0.1) is 6.92 Å². The van der Waals surface area contributed by atoms with Gasteiger partial charge in [-0.3, -0.25) is 4.79 Å². The molecule has 34 heavy (non-hydrogen) atoms. The second-order valence-electron chi connectivity index (χ2n) is 9.68. The highest BCUT2D eigenvalue weighted by Gasteiger charge is 2.42. The molecule has 0 saturated carbocycles. The molecule has 0 N–H and O–H groups in total. The summed E-state index contributed by atoms with van der Waals surface area (Å²) in [6.07, 6.45) is 1.03. The molecule has 182 valence electrons. The Hall–Kier alpha value is -2.58. The van der Waals surface area contributed by atoms with Crippen LogP contribution in [0.25, 0.3) is 0 Å². The van der Waals surface area contributed by atoms with Gasteiger partial charge in [0.15, 0.2) is 5.17 Å². The number of carbonyl (C=O) groups is 2. The van der Waals surface area contributed by atoms with Gasteiger partial charge in [-0.15, -0.1) is 0 Å². The van der Waals surface area contributed by atoms with E-state index in [0.717, 1.165) is 41.5 Å². The lowest BCUT2D eigenvalue weighted by molar-refractivity contribution is -0.143. The summed E-state index contributed by atoms with van der Waals surface area (Å²) in [6.45, 7) is 9.12. The van der Waals surface area contributed by atoms with Crippen LogP contribution in [0.3, 0.4) is 0 Å². The first kappa shape index (κ1) is 24.5. The monoisotopic (exact) mass is 482 g/mol. The number of likely N-dealkylation sites (N-methyl/N-ethyl adjacent to an activating group) is 1. The average molecular weight is 483 g/mol. The molecule has 1 fully saturated rings. The van der Waals surface area contributed by atoms with Crippen molar-refractivity contribution in [2.24, 2.45) is 4.99 Å². The minimum atomic E-state index is -0.387. The Morgan fingerprint density at radius 2 is 1.91 bits per heavy atom. The molecule has 0 spiro atoms. The number of hydrogen-bond acceptors (Lipinski definition) is 7. The molecule has 1 aromatic carbocycles. The zero-order chi connectivity index (χ0) is 24.6. The van der Waals surface area contributed by atoms with Crippen molar-refractivity contribution in [1.29, 1.82) is 0 Å². The van der Waals surface area contributed by atoms with Gasteiger partial charge < -0.3 is 19.4 Å². The van der Waals surface area contributed by atoms with Gasteiger partial charge in [0.1, 0.15) is 0 Å². The molecule has 3 heterocycles. The molecule has 2 atom stereocenters. The molecule has 0 unspecified atom stereocenters. The number of amides is 1. The number of aliphatic imine (C=N–C) groups is 1. The first-order chi connectivity index (χ1) is 16.2. The highest BCUT2D eigenvalue weighted by Crippen LogP contribution is 2.45. The lowest BCUT2D eigenvalue weighted by atomic mass is 9.93. The molecule has 0 bridgehead atoms. The Bertz CT molecular complexity index is 1060. The van der Waals surface area contributed by atoms with Crippen LogP contribution < -0.4 is 0 Å². The number of amidine groups is 1. The van der Waals surface area contributed by atoms with Crippen LogP contribution in [0.15, 0.2) is 51.6 Å². The van der Waals surface area contributed by atoms with Crippen LogP contribution in [0.1, 0.15) is 50.8 Å². The maximum Gasteiger partial charge on any atom is 0.338 e. The Labute approximate surface area is 206 Å². The number of likely N-dealkylation sites (tertiary alicyclic amines) is 1. The van der Waals surface area contributed by atoms with E-state index in [-0.39, 0.29) is 30.4 Å². The van der Waals surface area contributed by atoms with Crippen LogP contribution >= 0.6 is 11.8 Å². The lowest BCUT2D eigenvalue weighted by Crippen LogP contribution is -2.39. The van der Waals surface area contributed by atoms with Gasteiger partial charge in [-0.05, 0) is 59.2 Å². The number of aryl methyl sites for hydroxylation is 1. The lowest BCUT2D eigenvalue weighted by Gasteiger charge is -2.36. The third kappa shape index (κ3) is 4.93. The molecule has 3 aliphatic rings. The molecule has 1 aromatic rings. The zero-order valence-electron chi connectivity index (χ0n) is 20.9. The molecule has 1 amide bonds. The first-order valence-corrected chi connectivity index (χ1v) is 12.7. The minimum absolute atomic E-state index is 0.109. The van der Waals surface area contributed by atoms with Gasteiger partial charge in [0.2, 0.25) is 5.91 Å². The summed E-state index contributed by atoms with van der Waals surface area (Å²) >= 11 is 1.51. The predicted molar refractivity (Wildman–Crippen MR) is 136 cm³/mol. The van der Waals surface area contributed by atoms with Gasteiger partial charge in [0.05, 0.1) is 29.8 Å². The van der Waals surface area contributed by atoms with Gasteiger partial charge in [0.25, 0.3) is 0 Å². The highest BCUT2D eigenvalue weighted by atomic mass is 32.2. The van der Waals surface area contributed by atoms with Gasteiger partial charge in [-0.25, -0.2) is 9.79 Å². The van der Waals surface area contributed by atoms with E-state index in [9.17, 15) is 9.59 Å². The number of fused-ring (bicyclic) bond motifs is 1. The van der Waals surface area contributed by atoms with Gasteiger partial charge in [-0.1, -0.05) is 41.6 Å². The molecule has 7 nitrogen and oxygen atoms in total. The quantitative estimate of drug-likeness (QED) is 0.570. The normalized spacial score (nSPS) is 22.4. The fourth-order valence-electron chi connectivity index (χ4n) is 4.63. The van der Waals surface area contributed by atoms with E-state index in [0.29, 0.717) is 17.3 Å². The van der Waals surface area contributed by atoms with Crippen molar-refractivity contribution in [1.82, 2.24) is 14.7 Å². The number of ether oxygens (including phenoxy) is 1. The van der Waals surface area contributed by atoms with Gasteiger partial charge >= 0.3 is 5.97 Å². The zero-order valence-corrected chi connectivity index (χ0v) is 21.7. The summed E-state index contributed by atoms with van der Waals surface area (Å²) in [6, 6.07) is 8.19. The molecule has 8 heteroatoms. The second-order valence-corrected chi connectivity index (χ2v) is 10.5. The van der Waals surface area contributed by atoms with Crippen LogP contribution in [0.2, 0.25) is 0 Å². The SMILES string of the molecule is CC1=C(C(=O)OC(C)C)[C@@H](c2ccc(C)cc2)N2C(CC(=O)N3CC[C@H](N(C)C)C3)=CSC2=N1. The predicted octanol–water partition coefficient (Wildman–Crippen LogP) is 4.07. The first-order valence-electron chi connectivity index (χ1n) is 11.8. The summed E-state index contributed by atoms with van der Waals surface area (Å²) in [5.41, 5.74) is 4.17. The van der Waals surface area contributed by atoms with E-state index < -0.39 is 0 Å². The van der Waals surface area contributed by atoms with E-state index >= 15 is 0 Å². The smallest absolute Gasteiger partial charge is 0.338 e. The fourth-order valence-corrected chi connectivity index (χ4v) is 5.59. The minimum Gasteiger partial charge on any atom is -0.459 e. The van der Waals surface area contributed by atoms with Crippen LogP contribution in [-0.2, 0) is 14.3 Å². The Kier molecular flexibility index (Phi) is 7.19. The number of thioether (sulfide) groups is 1. The molecule has 0 radical (unpaired) electrons. The maximum atomic E-state index is 13.2. The highest BCUT2D eigenvalue weighted by molar-refractivity contribution is 8.16. The molecule has 1 saturated heterocycles. The number of benzene rings is 1. The molecule has 3 aliphatic heterocycles. The van der Waals surface area contributed by atoms with E-state index in [2.05, 4.69) is 23.9 Å². The number of esters is 1. The topological polar surface area (TPSA) is 65.5 Å². The van der Waals surface area contributed by atoms with Crippen molar-refractivity contribution in [3.63, 3.8) is 0 Å². The number of carbonyl (C=O) groups excluding carboxylic acids is 2. The van der Waals surface area contributed by atoms with Gasteiger partial charge in [0, 0.05) is 24.8 Å². The van der Waals surface area contributed by atoms with E-state index in [4.69, 9.17) is 9.73 Å². The van der Waals surface area contributed by atoms with Crippen molar-refractivity contribution in [2.75, 3.05) is 27.2 Å². The van der Waals surface area contributed by atoms with Crippen molar-refractivity contribution < 1.29 is 14.3 Å². The fraction of sp³-hybridized carbons (Fsp3) is 0.500. The molecule has 0 aromatic heterocycles. The van der Waals surface area contributed by atoms with Crippen molar-refractivity contribution in [3.8, 4) is 0 Å². The third-order valence-electron chi connectivity index (χ3n) is 6.54. The number of rotatable bonds is 6. The largest absolute Gasteiger partial charge is 0.459 e. The number of nitrogens with zero attached hydrogens (tertiary/aromatic N) is 4. The number of allylic oxidation sites excluding steroid dienone is 1. The van der Waals surface area contributed by atoms with E-state index in [1.165, 1.54) is 11.8 Å². The number of hydrogen-bond donors (Lipinski definition) is 0. The van der Waals surface area contributed by atoms with Crippen LogP contribution in [0.4, 0.5) is 0 Å². The van der Waals surface area contributed by atoms with Crippen LogP contribution in [0.5, 0.6) is 0 Å². The second kappa shape index (κ2) is 9.96. The summed E-state index contributed by atoms with van der Waals surface area (Å²) in [5, 5.41) is 2.79. The van der Waals surface area contributed by atoms with Gasteiger partial charge in [-0.2, -0.15) is 0 Å². The van der Waals surface area contributed by atoms with Crippen LogP contribution in [-0.4, -0.2) is 71.1 Å². The van der Waals surface area contributed by atoms with Crippen molar-refractivity contribution in [2.45, 2.75) is 58.7 Å². The van der Waals surface area contributed by atoms with Crippen molar-refractivity contribution in [3.05, 3.63) is 57.8 Å². The average Bonchev–Trinajstić information content (AvgIpc) is 3.41. The van der Waals surface area contributed by atoms with E-state index in [1.54, 1.807) is 0 Å².